The van der Waals surface area contributed by atoms with Crippen LogP contribution in [0.1, 0.15) is 46.4 Å². The van der Waals surface area contributed by atoms with E-state index in [0.29, 0.717) is 22.6 Å². The minimum Gasteiger partial charge on any atom is -0.497 e. The first-order chi connectivity index (χ1) is 14.1. The topological polar surface area (TPSA) is 80.8 Å². The van der Waals surface area contributed by atoms with Crippen LogP contribution in [-0.2, 0) is 0 Å². The molecule has 2 aromatic rings. The molecule has 2 aliphatic heterocycles. The van der Waals surface area contributed by atoms with E-state index in [4.69, 9.17) is 9.47 Å². The van der Waals surface area contributed by atoms with E-state index in [1.54, 1.807) is 56.9 Å². The van der Waals surface area contributed by atoms with Gasteiger partial charge in [-0.1, -0.05) is 0 Å². The fraction of sp³-hybridized carbons (Fsp3) is 0.409. The van der Waals surface area contributed by atoms with Gasteiger partial charge < -0.3 is 19.7 Å². The molecule has 2 saturated heterocycles. The van der Waals surface area contributed by atoms with Gasteiger partial charge in [-0.2, -0.15) is 0 Å². The van der Waals surface area contributed by atoms with Crippen molar-refractivity contribution in [3.05, 3.63) is 53.9 Å². The summed E-state index contributed by atoms with van der Waals surface area (Å²) in [6.45, 7) is 0. The molecule has 1 aromatic carbocycles. The first-order valence-corrected chi connectivity index (χ1v) is 9.86. The van der Waals surface area contributed by atoms with Crippen LogP contribution in [0.15, 0.2) is 42.7 Å². The molecule has 1 N–H and O–H groups in total. The number of rotatable bonds is 5. The first kappa shape index (κ1) is 19.2. The van der Waals surface area contributed by atoms with Crippen molar-refractivity contribution in [1.29, 1.82) is 0 Å². The molecule has 29 heavy (non-hydrogen) atoms. The van der Waals surface area contributed by atoms with Gasteiger partial charge in [-0.25, -0.2) is 0 Å². The van der Waals surface area contributed by atoms with Crippen LogP contribution in [0.2, 0.25) is 0 Å². The highest BCUT2D eigenvalue weighted by Gasteiger charge is 2.44. The minimum atomic E-state index is -0.0894. The van der Waals surface area contributed by atoms with E-state index in [2.05, 4.69) is 10.3 Å². The summed E-state index contributed by atoms with van der Waals surface area (Å²) < 4.78 is 10.7. The van der Waals surface area contributed by atoms with Crippen LogP contribution in [0.5, 0.6) is 11.5 Å². The fourth-order valence-electron chi connectivity index (χ4n) is 4.51. The summed E-state index contributed by atoms with van der Waals surface area (Å²) in [5, 5.41) is 3.13. The number of carbonyl (C=O) groups is 2. The molecule has 2 bridgehead atoms. The van der Waals surface area contributed by atoms with Crippen LogP contribution in [0, 0.1) is 0 Å². The Morgan fingerprint density at radius 3 is 2.34 bits per heavy atom. The monoisotopic (exact) mass is 395 g/mol. The number of amides is 2. The van der Waals surface area contributed by atoms with E-state index in [9.17, 15) is 9.59 Å². The summed E-state index contributed by atoms with van der Waals surface area (Å²) in [7, 11) is 3.14. The van der Waals surface area contributed by atoms with Crippen molar-refractivity contribution >= 4 is 11.8 Å². The van der Waals surface area contributed by atoms with Crippen LogP contribution in [0.3, 0.4) is 0 Å². The average molecular weight is 395 g/mol. The van der Waals surface area contributed by atoms with Crippen LogP contribution in [-0.4, -0.2) is 54.0 Å². The highest BCUT2D eigenvalue weighted by Crippen LogP contribution is 2.38. The summed E-state index contributed by atoms with van der Waals surface area (Å²) in [5.41, 5.74) is 1.15. The van der Waals surface area contributed by atoms with E-state index in [0.717, 1.165) is 25.7 Å². The van der Waals surface area contributed by atoms with Gasteiger partial charge in [-0.3, -0.25) is 14.6 Å². The van der Waals surface area contributed by atoms with Gasteiger partial charge in [0.1, 0.15) is 11.5 Å². The summed E-state index contributed by atoms with van der Waals surface area (Å²) in [4.78, 5) is 31.7. The number of methoxy groups -OCH3 is 2. The maximum atomic E-state index is 13.3. The number of benzene rings is 1. The van der Waals surface area contributed by atoms with E-state index >= 15 is 0 Å². The highest BCUT2D eigenvalue weighted by atomic mass is 16.5. The quantitative estimate of drug-likeness (QED) is 0.842. The number of carbonyl (C=O) groups excluding carboxylic acids is 2. The number of nitrogens with one attached hydrogen (secondary N) is 1. The van der Waals surface area contributed by atoms with Gasteiger partial charge in [0.15, 0.2) is 0 Å². The van der Waals surface area contributed by atoms with Gasteiger partial charge in [0, 0.05) is 42.1 Å². The first-order valence-electron chi connectivity index (χ1n) is 9.86. The molecule has 4 rings (SSSR count). The van der Waals surface area contributed by atoms with E-state index in [1.165, 1.54) is 0 Å². The summed E-state index contributed by atoms with van der Waals surface area (Å²) in [5.74, 6) is 1.06. The second-order valence-corrected chi connectivity index (χ2v) is 7.54. The Hall–Kier alpha value is -3.09. The Morgan fingerprint density at radius 1 is 1.03 bits per heavy atom. The number of ether oxygens (including phenoxy) is 2. The predicted molar refractivity (Wildman–Crippen MR) is 107 cm³/mol. The van der Waals surface area contributed by atoms with Crippen molar-refractivity contribution in [2.45, 2.75) is 43.8 Å². The van der Waals surface area contributed by atoms with E-state index in [-0.39, 0.29) is 29.9 Å². The molecule has 152 valence electrons. The van der Waals surface area contributed by atoms with Crippen molar-refractivity contribution in [1.82, 2.24) is 15.2 Å². The molecule has 1 unspecified atom stereocenters. The summed E-state index contributed by atoms with van der Waals surface area (Å²) >= 11 is 0. The largest absolute Gasteiger partial charge is 0.497 e. The molecule has 3 atom stereocenters. The lowest BCUT2D eigenvalue weighted by molar-refractivity contribution is 0.0546. The zero-order valence-corrected chi connectivity index (χ0v) is 16.6. The Balaban J connectivity index is 1.47. The molecule has 0 radical (unpaired) electrons. The molecule has 2 aliphatic rings. The van der Waals surface area contributed by atoms with E-state index in [1.807, 2.05) is 4.90 Å². The number of nitrogens with zero attached hydrogens (tertiary/aromatic N) is 2. The number of aromatic nitrogens is 1. The van der Waals surface area contributed by atoms with Gasteiger partial charge in [-0.05, 0) is 49.9 Å². The number of fused-ring (bicyclic) bond motifs is 2. The van der Waals surface area contributed by atoms with E-state index < -0.39 is 0 Å². The number of piperidine rings is 1. The zero-order chi connectivity index (χ0) is 20.4. The third kappa shape index (κ3) is 3.77. The lowest BCUT2D eigenvalue weighted by atomic mass is 9.95. The maximum absolute atomic E-state index is 13.3. The van der Waals surface area contributed by atoms with Gasteiger partial charge >= 0.3 is 0 Å². The Kier molecular flexibility index (Phi) is 5.38. The number of hydrogen-bond acceptors (Lipinski definition) is 5. The smallest absolute Gasteiger partial charge is 0.258 e. The van der Waals surface area contributed by atoms with Crippen LogP contribution in [0.25, 0.3) is 0 Å². The van der Waals surface area contributed by atoms with Crippen molar-refractivity contribution < 1.29 is 19.1 Å². The Bertz CT molecular complexity index is 888. The zero-order valence-electron chi connectivity index (χ0n) is 16.6. The fourth-order valence-corrected chi connectivity index (χ4v) is 4.51. The van der Waals surface area contributed by atoms with Crippen molar-refractivity contribution in [2.24, 2.45) is 0 Å². The van der Waals surface area contributed by atoms with Gasteiger partial charge in [-0.15, -0.1) is 0 Å². The standard InChI is InChI=1S/C22H25N3O4/c1-28-18-5-6-19(20(13-18)29-2)22(27)25-16-3-4-17(25)12-15(11-16)24-21(26)14-7-9-23-10-8-14/h5-10,13,15-17H,3-4,11-12H2,1-2H3,(H,24,26)/t15?,16-,17+. The molecule has 0 spiro atoms. The SMILES string of the molecule is COc1ccc(C(=O)N2[C@@H]3CC[C@H]2CC(NC(=O)c2ccncc2)C3)c(OC)c1. The molecule has 7 nitrogen and oxygen atoms in total. The second-order valence-electron chi connectivity index (χ2n) is 7.54. The van der Waals surface area contributed by atoms with Crippen LogP contribution >= 0.6 is 0 Å². The molecule has 0 aliphatic carbocycles. The highest BCUT2D eigenvalue weighted by molar-refractivity contribution is 5.98. The normalized spacial score (nSPS) is 22.8. The maximum Gasteiger partial charge on any atom is 0.258 e. The molecule has 1 aromatic heterocycles. The summed E-state index contributed by atoms with van der Waals surface area (Å²) in [6.07, 6.45) is 6.66. The van der Waals surface area contributed by atoms with Crippen molar-refractivity contribution in [3.8, 4) is 11.5 Å². The van der Waals surface area contributed by atoms with Gasteiger partial charge in [0.05, 0.1) is 19.8 Å². The second kappa shape index (κ2) is 8.11. The van der Waals surface area contributed by atoms with Gasteiger partial charge in [0.2, 0.25) is 0 Å². The molecule has 2 fully saturated rings. The molecule has 0 saturated carbocycles. The Labute approximate surface area is 170 Å². The number of hydrogen-bond donors (Lipinski definition) is 1. The molecular formula is C22H25N3O4. The molecular weight excluding hydrogens is 370 g/mol. The lowest BCUT2D eigenvalue weighted by Gasteiger charge is -2.39. The minimum absolute atomic E-state index is 0.0177. The lowest BCUT2D eigenvalue weighted by Crippen LogP contribution is -2.52. The molecule has 7 heteroatoms. The predicted octanol–water partition coefficient (Wildman–Crippen LogP) is 2.66. The third-order valence-electron chi connectivity index (χ3n) is 5.88. The Morgan fingerprint density at radius 2 is 1.72 bits per heavy atom. The number of pyridine rings is 1. The van der Waals surface area contributed by atoms with Crippen LogP contribution in [0.4, 0.5) is 0 Å². The van der Waals surface area contributed by atoms with Crippen LogP contribution < -0.4 is 14.8 Å². The molecule has 3 heterocycles. The van der Waals surface area contributed by atoms with Crippen molar-refractivity contribution in [3.63, 3.8) is 0 Å². The van der Waals surface area contributed by atoms with Gasteiger partial charge in [0.25, 0.3) is 11.8 Å². The third-order valence-corrected chi connectivity index (χ3v) is 5.88. The van der Waals surface area contributed by atoms with Crippen molar-refractivity contribution in [2.75, 3.05) is 14.2 Å². The summed E-state index contributed by atoms with van der Waals surface area (Å²) in [6, 6.07) is 8.99. The average Bonchev–Trinajstić information content (AvgIpc) is 3.03. The molecule has 2 amide bonds.